The quantitative estimate of drug-likeness (QED) is 0.285. The van der Waals surface area contributed by atoms with E-state index in [2.05, 4.69) is 0 Å². The number of halogens is 7. The summed E-state index contributed by atoms with van der Waals surface area (Å²) in [4.78, 5) is 22.8. The molecule has 0 aliphatic heterocycles. The van der Waals surface area contributed by atoms with Crippen LogP contribution in [0.3, 0.4) is 0 Å². The van der Waals surface area contributed by atoms with Gasteiger partial charge in [-0.15, -0.1) is 0 Å². The first-order valence-electron chi connectivity index (χ1n) is 11.1. The minimum atomic E-state index is -5.47. The summed E-state index contributed by atoms with van der Waals surface area (Å²) in [5.74, 6) is -5.94. The van der Waals surface area contributed by atoms with Crippen LogP contribution in [-0.2, 0) is 18.8 Å². The molecule has 0 bridgehead atoms. The topological polar surface area (TPSA) is 92.7 Å². The normalized spacial score (nSPS) is 14.8. The third-order valence-electron chi connectivity index (χ3n) is 6.65. The molecule has 13 heteroatoms. The molecule has 0 saturated heterocycles. The van der Waals surface area contributed by atoms with Gasteiger partial charge in [-0.05, 0) is 52.6 Å². The number of hydrogen-bond acceptors (Lipinski definition) is 4. The van der Waals surface area contributed by atoms with Crippen molar-refractivity contribution in [2.75, 3.05) is 0 Å². The summed E-state index contributed by atoms with van der Waals surface area (Å²) in [6.07, 6.45) is -10.7. The number of carboxylic acid groups (broad SMARTS) is 1. The van der Waals surface area contributed by atoms with Crippen LogP contribution >= 0.6 is 0 Å². The zero-order valence-corrected chi connectivity index (χ0v) is 20.0. The van der Waals surface area contributed by atoms with E-state index in [-0.39, 0.29) is 22.2 Å². The van der Waals surface area contributed by atoms with Gasteiger partial charge in [-0.1, -0.05) is 31.2 Å². The van der Waals surface area contributed by atoms with E-state index in [9.17, 15) is 45.4 Å². The maximum absolute atomic E-state index is 14.4. The number of carboxylic acids is 1. The number of hydrogen-bond donors (Lipinski definition) is 2. The maximum atomic E-state index is 14.4. The SMILES string of the molecule is CC(c1ccc(-c2ccc(C(=O)O)c(F)c2)cc1C(F)(F)F)C(O)(c1ccc2oc(=O)n(C)c2c1)C(F)(F)F. The van der Waals surface area contributed by atoms with Crippen molar-refractivity contribution in [2.45, 2.75) is 30.8 Å². The van der Waals surface area contributed by atoms with Gasteiger partial charge in [-0.2, -0.15) is 26.3 Å². The average molecular weight is 557 g/mol. The van der Waals surface area contributed by atoms with Gasteiger partial charge in [0.15, 0.2) is 11.2 Å². The van der Waals surface area contributed by atoms with Crippen molar-refractivity contribution >= 4 is 17.1 Å². The second kappa shape index (κ2) is 9.26. The second-order valence-corrected chi connectivity index (χ2v) is 8.89. The fourth-order valence-corrected chi connectivity index (χ4v) is 4.47. The smallest absolute Gasteiger partial charge is 0.422 e. The largest absolute Gasteiger partial charge is 0.478 e. The van der Waals surface area contributed by atoms with Crippen molar-refractivity contribution in [1.82, 2.24) is 4.57 Å². The number of aliphatic hydroxyl groups is 1. The molecule has 206 valence electrons. The van der Waals surface area contributed by atoms with Crippen LogP contribution in [-0.4, -0.2) is 26.9 Å². The number of aryl methyl sites for hydroxylation is 1. The number of benzene rings is 3. The van der Waals surface area contributed by atoms with Gasteiger partial charge in [-0.3, -0.25) is 4.57 Å². The van der Waals surface area contributed by atoms with Crippen molar-refractivity contribution in [3.8, 4) is 11.1 Å². The average Bonchev–Trinajstić information content (AvgIpc) is 3.13. The Morgan fingerprint density at radius 2 is 1.56 bits per heavy atom. The van der Waals surface area contributed by atoms with E-state index < -0.39 is 63.7 Å². The summed E-state index contributed by atoms with van der Waals surface area (Å²) >= 11 is 0. The van der Waals surface area contributed by atoms with Gasteiger partial charge >= 0.3 is 24.1 Å². The van der Waals surface area contributed by atoms with E-state index >= 15 is 0 Å². The molecule has 6 nitrogen and oxygen atoms in total. The molecule has 3 aromatic carbocycles. The molecule has 1 aromatic heterocycles. The summed E-state index contributed by atoms with van der Waals surface area (Å²) in [5.41, 5.74) is -8.43. The van der Waals surface area contributed by atoms with Crippen molar-refractivity contribution in [1.29, 1.82) is 0 Å². The summed E-state index contributed by atoms with van der Waals surface area (Å²) in [5, 5.41) is 20.0. The predicted molar refractivity (Wildman–Crippen MR) is 124 cm³/mol. The van der Waals surface area contributed by atoms with Crippen molar-refractivity contribution in [3.63, 3.8) is 0 Å². The summed E-state index contributed by atoms with van der Waals surface area (Å²) in [7, 11) is 1.21. The van der Waals surface area contributed by atoms with E-state index in [1.54, 1.807) is 0 Å². The minimum absolute atomic E-state index is 0.0927. The highest BCUT2D eigenvalue weighted by Gasteiger charge is 2.59. The van der Waals surface area contributed by atoms with Crippen LogP contribution in [0.1, 0.15) is 39.9 Å². The first-order chi connectivity index (χ1) is 18.0. The maximum Gasteiger partial charge on any atom is 0.422 e. The molecular formula is C26H18F7NO5. The van der Waals surface area contributed by atoms with E-state index in [0.29, 0.717) is 12.1 Å². The number of aromatic carboxylic acids is 1. The van der Waals surface area contributed by atoms with Crippen LogP contribution in [0.4, 0.5) is 30.7 Å². The zero-order chi connectivity index (χ0) is 29.1. The van der Waals surface area contributed by atoms with Crippen LogP contribution in [0.25, 0.3) is 22.2 Å². The number of oxazole rings is 1. The highest BCUT2D eigenvalue weighted by Crippen LogP contribution is 2.51. The highest BCUT2D eigenvalue weighted by molar-refractivity contribution is 5.88. The molecule has 0 aliphatic carbocycles. The standard InChI is InChI=1S/C26H18F7NO5/c1-12(24(38,26(31,32)33)15-5-8-21-20(11-15)34(2)23(37)39-21)16-6-3-13(9-18(16)25(28,29)30)14-4-7-17(22(35)36)19(27)10-14/h3-12,38H,1-2H3,(H,35,36). The van der Waals surface area contributed by atoms with Crippen molar-refractivity contribution in [3.05, 3.63) is 93.2 Å². The summed E-state index contributed by atoms with van der Waals surface area (Å²) in [6, 6.07) is 7.48. The number of alkyl halides is 6. The zero-order valence-electron chi connectivity index (χ0n) is 20.0. The van der Waals surface area contributed by atoms with Crippen LogP contribution in [0, 0.1) is 5.82 Å². The Morgan fingerprint density at radius 3 is 2.13 bits per heavy atom. The van der Waals surface area contributed by atoms with Crippen molar-refractivity contribution < 1.29 is 50.2 Å². The van der Waals surface area contributed by atoms with E-state index in [1.807, 2.05) is 0 Å². The van der Waals surface area contributed by atoms with Crippen LogP contribution in [0.15, 0.2) is 63.8 Å². The molecule has 2 N–H and O–H groups in total. The molecule has 0 amide bonds. The molecule has 0 saturated carbocycles. The van der Waals surface area contributed by atoms with Crippen LogP contribution in [0.2, 0.25) is 0 Å². The van der Waals surface area contributed by atoms with E-state index in [1.165, 1.54) is 7.05 Å². The van der Waals surface area contributed by atoms with Gasteiger partial charge in [0.2, 0.25) is 0 Å². The third kappa shape index (κ3) is 4.67. The lowest BCUT2D eigenvalue weighted by molar-refractivity contribution is -0.275. The first-order valence-corrected chi connectivity index (χ1v) is 11.1. The molecule has 1 heterocycles. The monoisotopic (exact) mass is 557 g/mol. The van der Waals surface area contributed by atoms with Gasteiger partial charge in [0.25, 0.3) is 0 Å². The molecule has 2 unspecified atom stereocenters. The number of aromatic nitrogens is 1. The number of rotatable bonds is 5. The highest BCUT2D eigenvalue weighted by atomic mass is 19.4. The molecule has 0 aliphatic rings. The van der Waals surface area contributed by atoms with Gasteiger partial charge in [0.1, 0.15) is 5.82 Å². The molecule has 0 fully saturated rings. The minimum Gasteiger partial charge on any atom is -0.478 e. The Hall–Kier alpha value is -4.13. The molecule has 0 spiro atoms. The van der Waals surface area contributed by atoms with E-state index in [4.69, 9.17) is 9.52 Å². The Morgan fingerprint density at radius 1 is 0.949 bits per heavy atom. The third-order valence-corrected chi connectivity index (χ3v) is 6.65. The predicted octanol–water partition coefficient (Wildman–Crippen LogP) is 6.21. The van der Waals surface area contributed by atoms with Gasteiger partial charge < -0.3 is 14.6 Å². The number of nitrogens with zero attached hydrogens (tertiary/aromatic N) is 1. The van der Waals surface area contributed by atoms with Gasteiger partial charge in [0, 0.05) is 13.0 Å². The Kier molecular flexibility index (Phi) is 6.62. The molecular weight excluding hydrogens is 539 g/mol. The molecule has 0 radical (unpaired) electrons. The summed E-state index contributed by atoms with van der Waals surface area (Å²) < 4.78 is 106. The fourth-order valence-electron chi connectivity index (χ4n) is 4.47. The second-order valence-electron chi connectivity index (χ2n) is 8.89. The first kappa shape index (κ1) is 27.9. The fraction of sp³-hybridized carbons (Fsp3) is 0.231. The number of fused-ring (bicyclic) bond motifs is 1. The molecule has 39 heavy (non-hydrogen) atoms. The summed E-state index contributed by atoms with van der Waals surface area (Å²) in [6.45, 7) is 0.775. The van der Waals surface area contributed by atoms with Crippen molar-refractivity contribution in [2.24, 2.45) is 7.05 Å². The molecule has 2 atom stereocenters. The Balaban J connectivity index is 1.90. The molecule has 4 rings (SSSR count). The van der Waals surface area contributed by atoms with Gasteiger partial charge in [0.05, 0.1) is 16.6 Å². The lowest BCUT2D eigenvalue weighted by Gasteiger charge is -2.37. The Labute approximate surface area is 214 Å². The van der Waals surface area contributed by atoms with E-state index in [0.717, 1.165) is 54.0 Å². The Bertz CT molecular complexity index is 1650. The van der Waals surface area contributed by atoms with Gasteiger partial charge in [-0.25, -0.2) is 14.0 Å². The lowest BCUT2D eigenvalue weighted by atomic mass is 9.75. The van der Waals surface area contributed by atoms with Crippen LogP contribution < -0.4 is 5.76 Å². The lowest BCUT2D eigenvalue weighted by Crippen LogP contribution is -2.47. The van der Waals surface area contributed by atoms with Crippen LogP contribution in [0.5, 0.6) is 0 Å². The number of carbonyl (C=O) groups is 1. The molecule has 4 aromatic rings.